The number of anilines is 1. The fourth-order valence-corrected chi connectivity index (χ4v) is 3.48. The highest BCUT2D eigenvalue weighted by molar-refractivity contribution is 8.16. The molecule has 0 radical (unpaired) electrons. The van der Waals surface area contributed by atoms with Crippen molar-refractivity contribution in [2.75, 3.05) is 18.4 Å². The molecule has 1 aromatic carbocycles. The van der Waals surface area contributed by atoms with Crippen LogP contribution < -0.4 is 5.32 Å². The van der Waals surface area contributed by atoms with Crippen LogP contribution in [0.3, 0.4) is 0 Å². The number of aliphatic imine (C=N–C) groups is 1. The van der Waals surface area contributed by atoms with Crippen molar-refractivity contribution in [1.82, 2.24) is 4.90 Å². The summed E-state index contributed by atoms with van der Waals surface area (Å²) in [5, 5.41) is 4.77. The minimum absolute atomic E-state index is 0.0632. The number of halogens is 4. The summed E-state index contributed by atoms with van der Waals surface area (Å²) in [6.07, 6.45) is -4.49. The first-order valence-corrected chi connectivity index (χ1v) is 7.94. The van der Waals surface area contributed by atoms with Crippen molar-refractivity contribution >= 4 is 40.1 Å². The summed E-state index contributed by atoms with van der Waals surface area (Å²) in [5.41, 5.74) is -0.108. The van der Waals surface area contributed by atoms with E-state index in [0.717, 1.165) is 29.5 Å². The third-order valence-electron chi connectivity index (χ3n) is 3.35. The average molecular weight is 362 g/mol. The van der Waals surface area contributed by atoms with Crippen molar-refractivity contribution in [1.29, 1.82) is 0 Å². The van der Waals surface area contributed by atoms with Crippen molar-refractivity contribution in [2.24, 2.45) is 4.99 Å². The van der Waals surface area contributed by atoms with Crippen LogP contribution in [0.15, 0.2) is 34.3 Å². The van der Waals surface area contributed by atoms with Crippen LogP contribution in [0, 0.1) is 0 Å². The van der Waals surface area contributed by atoms with E-state index >= 15 is 0 Å². The van der Waals surface area contributed by atoms with E-state index in [9.17, 15) is 18.0 Å². The lowest BCUT2D eigenvalue weighted by molar-refractivity contribution is -0.137. The quantitative estimate of drug-likeness (QED) is 0.886. The van der Waals surface area contributed by atoms with Crippen molar-refractivity contribution in [2.45, 2.75) is 12.6 Å². The summed E-state index contributed by atoms with van der Waals surface area (Å²) < 4.78 is 38.4. The minimum atomic E-state index is -4.57. The van der Waals surface area contributed by atoms with Crippen LogP contribution in [0.4, 0.5) is 18.9 Å². The molecule has 2 aliphatic heterocycles. The number of amides is 1. The number of hydrogen-bond donors (Lipinski definition) is 1. The number of rotatable bonds is 3. The van der Waals surface area contributed by atoms with E-state index in [1.54, 1.807) is 0 Å². The van der Waals surface area contributed by atoms with E-state index in [1.807, 2.05) is 10.3 Å². The van der Waals surface area contributed by atoms with Gasteiger partial charge in [0.05, 0.1) is 23.6 Å². The molecule has 9 heteroatoms. The molecule has 1 amide bonds. The van der Waals surface area contributed by atoms with Gasteiger partial charge in [-0.25, -0.2) is 0 Å². The maximum Gasteiger partial charge on any atom is 0.417 e. The van der Waals surface area contributed by atoms with Crippen LogP contribution >= 0.6 is 23.4 Å². The molecule has 0 atom stereocenters. The Morgan fingerprint density at radius 2 is 2.22 bits per heavy atom. The summed E-state index contributed by atoms with van der Waals surface area (Å²) in [4.78, 5) is 18.3. The van der Waals surface area contributed by atoms with Crippen LogP contribution in [0.1, 0.15) is 12.0 Å². The molecule has 2 aliphatic rings. The zero-order valence-electron chi connectivity index (χ0n) is 11.7. The van der Waals surface area contributed by atoms with E-state index in [0.29, 0.717) is 6.54 Å². The van der Waals surface area contributed by atoms with Gasteiger partial charge in [-0.15, -0.1) is 0 Å². The van der Waals surface area contributed by atoms with Crippen molar-refractivity contribution in [3.05, 3.63) is 39.9 Å². The zero-order valence-corrected chi connectivity index (χ0v) is 13.2. The van der Waals surface area contributed by atoms with Gasteiger partial charge in [0.25, 0.3) is 0 Å². The number of carbonyl (C=O) groups excluding carboxylic acids is 1. The second kappa shape index (κ2) is 6.09. The van der Waals surface area contributed by atoms with Crippen LogP contribution in [-0.2, 0) is 11.0 Å². The third-order valence-corrected chi connectivity index (χ3v) is 4.63. The Morgan fingerprint density at radius 3 is 2.96 bits per heavy atom. The summed E-state index contributed by atoms with van der Waals surface area (Å²) in [6, 6.07) is 3.30. The summed E-state index contributed by atoms with van der Waals surface area (Å²) in [5.74, 6) is -0.388. The largest absolute Gasteiger partial charge is 0.417 e. The topological polar surface area (TPSA) is 44.7 Å². The Bertz CT molecular complexity index is 718. The summed E-state index contributed by atoms with van der Waals surface area (Å²) in [6.45, 7) is 1.41. The number of thioether (sulfide) groups is 1. The maximum absolute atomic E-state index is 12.8. The lowest BCUT2D eigenvalue weighted by Gasteiger charge is -2.16. The van der Waals surface area contributed by atoms with Gasteiger partial charge >= 0.3 is 6.18 Å². The van der Waals surface area contributed by atoms with Gasteiger partial charge in [-0.05, 0) is 23.6 Å². The Balaban J connectivity index is 1.68. The first kappa shape index (κ1) is 16.2. The van der Waals surface area contributed by atoms with E-state index in [4.69, 9.17) is 11.6 Å². The Kier molecular flexibility index (Phi) is 4.29. The number of alkyl halides is 3. The van der Waals surface area contributed by atoms with Crippen LogP contribution in [0.25, 0.3) is 0 Å². The van der Waals surface area contributed by atoms with Crippen LogP contribution in [-0.4, -0.2) is 29.1 Å². The molecule has 0 saturated carbocycles. The lowest BCUT2D eigenvalue weighted by Crippen LogP contribution is -2.24. The molecule has 122 valence electrons. The van der Waals surface area contributed by atoms with E-state index in [2.05, 4.69) is 10.3 Å². The van der Waals surface area contributed by atoms with Crippen LogP contribution in [0.2, 0.25) is 5.02 Å². The van der Waals surface area contributed by atoms with Gasteiger partial charge in [0.15, 0.2) is 5.17 Å². The van der Waals surface area contributed by atoms with Crippen LogP contribution in [0.5, 0.6) is 0 Å². The van der Waals surface area contributed by atoms with Gasteiger partial charge in [0, 0.05) is 17.9 Å². The molecule has 0 spiro atoms. The molecular weight excluding hydrogens is 351 g/mol. The van der Waals surface area contributed by atoms with Gasteiger partial charge < -0.3 is 10.2 Å². The van der Waals surface area contributed by atoms with Crippen molar-refractivity contribution in [3.63, 3.8) is 0 Å². The first-order chi connectivity index (χ1) is 10.8. The number of amidine groups is 1. The molecule has 0 fully saturated rings. The molecule has 1 aromatic rings. The molecule has 0 unspecified atom stereocenters. The van der Waals surface area contributed by atoms with Gasteiger partial charge in [-0.2, -0.15) is 13.2 Å². The fraction of sp³-hybridized carbons (Fsp3) is 0.286. The number of benzene rings is 1. The molecule has 3 rings (SSSR count). The normalized spacial score (nSPS) is 17.0. The highest BCUT2D eigenvalue weighted by Crippen LogP contribution is 2.36. The highest BCUT2D eigenvalue weighted by Gasteiger charge is 2.33. The first-order valence-electron chi connectivity index (χ1n) is 6.69. The third kappa shape index (κ3) is 3.48. The molecule has 0 aromatic heterocycles. The minimum Gasteiger partial charge on any atom is -0.326 e. The van der Waals surface area contributed by atoms with Gasteiger partial charge in [-0.3, -0.25) is 9.79 Å². The molecule has 2 heterocycles. The van der Waals surface area contributed by atoms with Gasteiger partial charge in [-0.1, -0.05) is 23.4 Å². The zero-order chi connectivity index (χ0) is 16.6. The molecule has 23 heavy (non-hydrogen) atoms. The predicted octanol–water partition coefficient (Wildman–Crippen LogP) is 3.95. The number of nitrogens with zero attached hydrogens (tertiary/aromatic N) is 2. The number of fused-ring (bicyclic) bond motifs is 1. The maximum atomic E-state index is 12.8. The van der Waals surface area contributed by atoms with Crippen molar-refractivity contribution in [3.8, 4) is 0 Å². The smallest absolute Gasteiger partial charge is 0.326 e. The Morgan fingerprint density at radius 1 is 1.43 bits per heavy atom. The van der Waals surface area contributed by atoms with Crippen molar-refractivity contribution < 1.29 is 18.0 Å². The van der Waals surface area contributed by atoms with E-state index < -0.39 is 16.8 Å². The molecule has 0 bridgehead atoms. The number of hydrogen-bond acceptors (Lipinski definition) is 4. The molecular formula is C14H11ClF3N3OS. The second-order valence-corrected chi connectivity index (χ2v) is 6.20. The number of carbonyl (C=O) groups is 1. The Hall–Kier alpha value is -1.67. The van der Waals surface area contributed by atoms with Gasteiger partial charge in [0.2, 0.25) is 5.91 Å². The van der Waals surface area contributed by atoms with E-state index in [1.165, 1.54) is 17.8 Å². The monoisotopic (exact) mass is 361 g/mol. The standard InChI is InChI=1S/C14H11ClF3N3OS/c15-11-2-1-8(5-10(11)14(16,17)18)20-12(22)6-9-7-23-13-19-3-4-21(9)13/h1-2,5,7H,3-4,6H2,(H,20,22). The fourth-order valence-electron chi connectivity index (χ4n) is 2.31. The average Bonchev–Trinajstić information content (AvgIpc) is 3.05. The predicted molar refractivity (Wildman–Crippen MR) is 84.4 cm³/mol. The summed E-state index contributed by atoms with van der Waals surface area (Å²) in [7, 11) is 0. The molecule has 0 aliphatic carbocycles. The molecule has 1 N–H and O–H groups in total. The lowest BCUT2D eigenvalue weighted by atomic mass is 10.2. The Labute approximate surface area is 139 Å². The highest BCUT2D eigenvalue weighted by atomic mass is 35.5. The number of nitrogens with one attached hydrogen (secondary N) is 1. The van der Waals surface area contributed by atoms with E-state index in [-0.39, 0.29) is 18.0 Å². The second-order valence-electron chi connectivity index (χ2n) is 4.96. The molecule has 0 saturated heterocycles. The molecule has 4 nitrogen and oxygen atoms in total. The SMILES string of the molecule is O=C(CC1=CSC2=NCCN12)Nc1ccc(Cl)c(C(F)(F)F)c1. The summed E-state index contributed by atoms with van der Waals surface area (Å²) >= 11 is 7.00. The van der Waals surface area contributed by atoms with Gasteiger partial charge in [0.1, 0.15) is 0 Å².